The minimum Gasteiger partial charge on any atom is -0.477 e. The van der Waals surface area contributed by atoms with Crippen LogP contribution in [0.25, 0.3) is 0 Å². The van der Waals surface area contributed by atoms with Crippen LogP contribution in [0.4, 0.5) is 5.69 Å². The van der Waals surface area contributed by atoms with Crippen LogP contribution in [-0.4, -0.2) is 47.6 Å². The third kappa shape index (κ3) is 3.51. The third-order valence-electron chi connectivity index (χ3n) is 2.46. The molecule has 0 fully saturated rings. The second-order valence-corrected chi connectivity index (χ2v) is 3.93. The molecule has 0 aliphatic heterocycles. The average molecular weight is 223 g/mol. The van der Waals surface area contributed by atoms with E-state index >= 15 is 0 Å². The summed E-state index contributed by atoms with van der Waals surface area (Å²) in [5, 5.41) is 12.0. The van der Waals surface area contributed by atoms with Crippen molar-refractivity contribution >= 4 is 11.7 Å². The van der Waals surface area contributed by atoms with Crippen LogP contribution in [0.2, 0.25) is 0 Å². The number of likely N-dealkylation sites (N-methyl/N-ethyl adjacent to an activating group) is 1. The zero-order valence-corrected chi connectivity index (χ0v) is 9.77. The van der Waals surface area contributed by atoms with Gasteiger partial charge in [-0.3, -0.25) is 0 Å². The lowest BCUT2D eigenvalue weighted by Gasteiger charge is -2.20. The number of rotatable bonds is 5. The summed E-state index contributed by atoms with van der Waals surface area (Å²) in [6, 6.07) is 3.67. The molecule has 1 atom stereocenters. The number of carboxylic acids is 1. The van der Waals surface area contributed by atoms with Crippen molar-refractivity contribution in [3.63, 3.8) is 0 Å². The summed E-state index contributed by atoms with van der Waals surface area (Å²) in [7, 11) is 4.00. The second kappa shape index (κ2) is 5.46. The van der Waals surface area contributed by atoms with Crippen molar-refractivity contribution in [3.05, 3.63) is 24.0 Å². The molecule has 0 saturated carbocycles. The highest BCUT2D eigenvalue weighted by molar-refractivity contribution is 5.86. The Morgan fingerprint density at radius 1 is 1.62 bits per heavy atom. The lowest BCUT2D eigenvalue weighted by molar-refractivity contribution is 0.0690. The van der Waals surface area contributed by atoms with Crippen LogP contribution >= 0.6 is 0 Å². The fourth-order valence-corrected chi connectivity index (χ4v) is 1.11. The van der Waals surface area contributed by atoms with Crippen molar-refractivity contribution in [3.8, 4) is 0 Å². The van der Waals surface area contributed by atoms with Crippen molar-refractivity contribution in [2.24, 2.45) is 0 Å². The molecule has 0 spiro atoms. The number of aromatic carboxylic acids is 1. The molecule has 0 aliphatic rings. The molecule has 0 radical (unpaired) electrons. The van der Waals surface area contributed by atoms with E-state index in [4.69, 9.17) is 5.11 Å². The zero-order chi connectivity index (χ0) is 12.1. The number of hydrogen-bond donors (Lipinski definition) is 2. The minimum absolute atomic E-state index is 0.0579. The predicted molar refractivity (Wildman–Crippen MR) is 62.8 cm³/mol. The highest BCUT2D eigenvalue weighted by Crippen LogP contribution is 2.08. The van der Waals surface area contributed by atoms with Gasteiger partial charge in [0.15, 0.2) is 0 Å². The van der Waals surface area contributed by atoms with Crippen LogP contribution in [0.3, 0.4) is 0 Å². The number of nitrogens with one attached hydrogen (secondary N) is 1. The van der Waals surface area contributed by atoms with Crippen molar-refractivity contribution in [2.45, 2.75) is 13.0 Å². The first-order chi connectivity index (χ1) is 7.50. The summed E-state index contributed by atoms with van der Waals surface area (Å²) < 4.78 is 0. The molecule has 1 aromatic heterocycles. The van der Waals surface area contributed by atoms with Gasteiger partial charge >= 0.3 is 5.97 Å². The molecular formula is C11H17N3O2. The van der Waals surface area contributed by atoms with Crippen LogP contribution in [0.5, 0.6) is 0 Å². The lowest BCUT2D eigenvalue weighted by atomic mass is 10.2. The van der Waals surface area contributed by atoms with Crippen molar-refractivity contribution in [2.75, 3.05) is 26.0 Å². The Morgan fingerprint density at radius 2 is 2.31 bits per heavy atom. The van der Waals surface area contributed by atoms with Gasteiger partial charge in [0.05, 0.1) is 0 Å². The Morgan fingerprint density at radius 3 is 2.88 bits per heavy atom. The van der Waals surface area contributed by atoms with Gasteiger partial charge in [-0.15, -0.1) is 0 Å². The van der Waals surface area contributed by atoms with Gasteiger partial charge in [-0.25, -0.2) is 9.78 Å². The lowest BCUT2D eigenvalue weighted by Crippen LogP contribution is -2.31. The monoisotopic (exact) mass is 223 g/mol. The van der Waals surface area contributed by atoms with Gasteiger partial charge in [-0.1, -0.05) is 0 Å². The van der Waals surface area contributed by atoms with Crippen LogP contribution in [0.15, 0.2) is 18.3 Å². The number of hydrogen-bond acceptors (Lipinski definition) is 4. The van der Waals surface area contributed by atoms with Gasteiger partial charge in [-0.05, 0) is 33.2 Å². The fourth-order valence-electron chi connectivity index (χ4n) is 1.11. The van der Waals surface area contributed by atoms with Crippen LogP contribution in [0.1, 0.15) is 17.4 Å². The summed E-state index contributed by atoms with van der Waals surface area (Å²) in [5.41, 5.74) is 0.837. The van der Waals surface area contributed by atoms with Gasteiger partial charge in [0.2, 0.25) is 0 Å². The molecular weight excluding hydrogens is 206 g/mol. The first-order valence-electron chi connectivity index (χ1n) is 5.10. The van der Waals surface area contributed by atoms with Crippen LogP contribution in [0, 0.1) is 0 Å². The maximum absolute atomic E-state index is 10.7. The standard InChI is InChI=1S/C11H17N3O2/c1-8(14(2)3)7-13-9-4-5-12-10(6-9)11(15)16/h4-6,8H,7H2,1-3H3,(H,12,13)(H,15,16). The van der Waals surface area contributed by atoms with E-state index in [9.17, 15) is 4.79 Å². The van der Waals surface area contributed by atoms with Gasteiger partial charge in [0, 0.05) is 24.5 Å². The molecule has 0 saturated heterocycles. The van der Waals surface area contributed by atoms with Gasteiger partial charge < -0.3 is 15.3 Å². The first kappa shape index (κ1) is 12.4. The molecule has 16 heavy (non-hydrogen) atoms. The largest absolute Gasteiger partial charge is 0.477 e. The number of carbonyl (C=O) groups is 1. The molecule has 1 unspecified atom stereocenters. The number of anilines is 1. The van der Waals surface area contributed by atoms with Crippen molar-refractivity contribution in [1.29, 1.82) is 0 Å². The van der Waals surface area contributed by atoms with Gasteiger partial charge in [-0.2, -0.15) is 0 Å². The van der Waals surface area contributed by atoms with Crippen LogP contribution < -0.4 is 5.32 Å². The predicted octanol–water partition coefficient (Wildman–Crippen LogP) is 1.14. The molecule has 5 nitrogen and oxygen atoms in total. The molecule has 0 aliphatic carbocycles. The SMILES string of the molecule is CC(CNc1ccnc(C(=O)O)c1)N(C)C. The summed E-state index contributed by atoms with van der Waals surface area (Å²) in [5.74, 6) is -1.01. The first-order valence-corrected chi connectivity index (χ1v) is 5.10. The molecule has 1 aromatic rings. The number of nitrogens with zero attached hydrogens (tertiary/aromatic N) is 2. The Kier molecular flexibility index (Phi) is 4.25. The van der Waals surface area contributed by atoms with E-state index in [-0.39, 0.29) is 5.69 Å². The quantitative estimate of drug-likeness (QED) is 0.783. The highest BCUT2D eigenvalue weighted by Gasteiger charge is 2.06. The molecule has 0 bridgehead atoms. The Bertz CT molecular complexity index is 366. The van der Waals surface area contributed by atoms with E-state index in [1.165, 1.54) is 12.3 Å². The highest BCUT2D eigenvalue weighted by atomic mass is 16.4. The fraction of sp³-hybridized carbons (Fsp3) is 0.455. The van der Waals surface area contributed by atoms with Crippen molar-refractivity contribution < 1.29 is 9.90 Å². The molecule has 5 heteroatoms. The molecule has 0 aromatic carbocycles. The minimum atomic E-state index is -1.01. The van der Waals surface area contributed by atoms with E-state index in [1.807, 2.05) is 14.1 Å². The Balaban J connectivity index is 2.61. The van der Waals surface area contributed by atoms with Gasteiger partial charge in [0.25, 0.3) is 0 Å². The number of carboxylic acid groups (broad SMARTS) is 1. The van der Waals surface area contributed by atoms with E-state index < -0.39 is 5.97 Å². The van der Waals surface area contributed by atoms with E-state index in [0.717, 1.165) is 12.2 Å². The molecule has 1 heterocycles. The van der Waals surface area contributed by atoms with Crippen molar-refractivity contribution in [1.82, 2.24) is 9.88 Å². The molecule has 2 N–H and O–H groups in total. The topological polar surface area (TPSA) is 65.5 Å². The number of pyridine rings is 1. The summed E-state index contributed by atoms with van der Waals surface area (Å²) >= 11 is 0. The Labute approximate surface area is 95.1 Å². The molecule has 88 valence electrons. The van der Waals surface area contributed by atoms with Gasteiger partial charge in [0.1, 0.15) is 5.69 Å². The Hall–Kier alpha value is -1.62. The van der Waals surface area contributed by atoms with E-state index in [2.05, 4.69) is 22.1 Å². The molecule has 0 amide bonds. The summed E-state index contributed by atoms with van der Waals surface area (Å²) in [6.45, 7) is 2.85. The normalized spacial score (nSPS) is 12.5. The second-order valence-electron chi connectivity index (χ2n) is 3.93. The molecule has 1 rings (SSSR count). The third-order valence-corrected chi connectivity index (χ3v) is 2.46. The van der Waals surface area contributed by atoms with Crippen LogP contribution in [-0.2, 0) is 0 Å². The van der Waals surface area contributed by atoms with E-state index in [1.54, 1.807) is 6.07 Å². The summed E-state index contributed by atoms with van der Waals surface area (Å²) in [4.78, 5) is 16.5. The smallest absolute Gasteiger partial charge is 0.354 e. The maximum Gasteiger partial charge on any atom is 0.354 e. The van der Waals surface area contributed by atoms with E-state index in [0.29, 0.717) is 6.04 Å². The summed E-state index contributed by atoms with van der Waals surface area (Å²) in [6.07, 6.45) is 1.49. The maximum atomic E-state index is 10.7. The number of aromatic nitrogens is 1. The average Bonchev–Trinajstić information content (AvgIpc) is 2.26. The zero-order valence-electron chi connectivity index (χ0n) is 9.77.